The van der Waals surface area contributed by atoms with Crippen molar-refractivity contribution in [2.75, 3.05) is 20.2 Å². The second kappa shape index (κ2) is 6.96. The Morgan fingerprint density at radius 3 is 2.86 bits per heavy atom. The van der Waals surface area contributed by atoms with E-state index < -0.39 is 0 Å². The monoisotopic (exact) mass is 382 g/mol. The van der Waals surface area contributed by atoms with Gasteiger partial charge in [0.25, 0.3) is 11.8 Å². The van der Waals surface area contributed by atoms with Gasteiger partial charge in [0.1, 0.15) is 5.75 Å². The summed E-state index contributed by atoms with van der Waals surface area (Å²) in [5, 5.41) is 7.48. The molecule has 2 aliphatic heterocycles. The number of aryl methyl sites for hydroxylation is 1. The number of carbonyl (C=O) groups is 2. The quantitative estimate of drug-likeness (QED) is 0.885. The van der Waals surface area contributed by atoms with E-state index in [1.165, 1.54) is 0 Å². The highest BCUT2D eigenvalue weighted by molar-refractivity contribution is 5.97. The average molecular weight is 382 g/mol. The molecule has 7 nitrogen and oxygen atoms in total. The minimum Gasteiger partial charge on any atom is -0.497 e. The van der Waals surface area contributed by atoms with Crippen LogP contribution in [-0.2, 0) is 6.42 Å². The van der Waals surface area contributed by atoms with Crippen molar-refractivity contribution in [3.63, 3.8) is 0 Å². The molecule has 1 aromatic heterocycles. The molecular weight excluding hydrogens is 356 g/mol. The molecule has 1 fully saturated rings. The number of hydrogen-bond acceptors (Lipinski definition) is 4. The molecule has 1 aromatic carbocycles. The molecule has 2 aromatic rings. The summed E-state index contributed by atoms with van der Waals surface area (Å²) in [6.45, 7) is 5.21. The largest absolute Gasteiger partial charge is 0.497 e. The fraction of sp³-hybridized carbons (Fsp3) is 0.476. The number of fused-ring (bicyclic) bond motifs is 1. The zero-order valence-corrected chi connectivity index (χ0v) is 16.6. The number of aromatic nitrogens is 2. The smallest absolute Gasteiger partial charge is 0.257 e. The van der Waals surface area contributed by atoms with Gasteiger partial charge in [0.2, 0.25) is 0 Å². The van der Waals surface area contributed by atoms with E-state index >= 15 is 0 Å². The van der Waals surface area contributed by atoms with E-state index in [2.05, 4.69) is 10.4 Å². The first-order valence-corrected chi connectivity index (χ1v) is 9.74. The summed E-state index contributed by atoms with van der Waals surface area (Å²) >= 11 is 0. The molecule has 28 heavy (non-hydrogen) atoms. The van der Waals surface area contributed by atoms with Gasteiger partial charge in [-0.25, -0.2) is 0 Å². The van der Waals surface area contributed by atoms with Crippen LogP contribution in [0.4, 0.5) is 0 Å². The fourth-order valence-electron chi connectivity index (χ4n) is 4.12. The van der Waals surface area contributed by atoms with Gasteiger partial charge < -0.3 is 15.0 Å². The predicted octanol–water partition coefficient (Wildman–Crippen LogP) is 2.43. The highest BCUT2D eigenvalue weighted by Gasteiger charge is 2.43. The van der Waals surface area contributed by atoms with E-state index in [0.29, 0.717) is 30.0 Å². The summed E-state index contributed by atoms with van der Waals surface area (Å²) in [7, 11) is 1.60. The van der Waals surface area contributed by atoms with E-state index in [1.54, 1.807) is 30.3 Å². The molecule has 1 saturated heterocycles. The molecule has 1 N–H and O–H groups in total. The molecule has 148 valence electrons. The molecule has 0 radical (unpaired) electrons. The Morgan fingerprint density at radius 2 is 2.14 bits per heavy atom. The number of carbonyl (C=O) groups excluding carboxylic acids is 2. The number of methoxy groups -OCH3 is 1. The Kier molecular flexibility index (Phi) is 4.61. The third kappa shape index (κ3) is 3.25. The van der Waals surface area contributed by atoms with Crippen molar-refractivity contribution in [1.82, 2.24) is 20.0 Å². The maximum atomic E-state index is 12.9. The standard InChI is InChI=1S/C21H26N4O3/c1-14(2)25-12-16(11-22-25)20(27)24-9-8-21(13-24)7-6-15-4-5-17(28-3)10-18(15)19(26)23-21/h4-5,10-12,14H,6-9,13H2,1-3H3,(H,23,26)/t21-/m1/s1. The molecule has 0 unspecified atom stereocenters. The number of nitrogens with one attached hydrogen (secondary N) is 1. The lowest BCUT2D eigenvalue weighted by molar-refractivity contribution is 0.0764. The third-order valence-electron chi connectivity index (χ3n) is 5.83. The van der Waals surface area contributed by atoms with Gasteiger partial charge in [0, 0.05) is 30.9 Å². The molecule has 1 spiro atoms. The van der Waals surface area contributed by atoms with E-state index in [-0.39, 0.29) is 23.4 Å². The third-order valence-corrected chi connectivity index (χ3v) is 5.83. The van der Waals surface area contributed by atoms with Crippen LogP contribution in [0.2, 0.25) is 0 Å². The highest BCUT2D eigenvalue weighted by atomic mass is 16.5. The van der Waals surface area contributed by atoms with E-state index in [4.69, 9.17) is 4.74 Å². The van der Waals surface area contributed by atoms with Gasteiger partial charge in [-0.2, -0.15) is 5.10 Å². The van der Waals surface area contributed by atoms with Crippen LogP contribution >= 0.6 is 0 Å². The van der Waals surface area contributed by atoms with Crippen LogP contribution in [0.3, 0.4) is 0 Å². The zero-order chi connectivity index (χ0) is 19.9. The van der Waals surface area contributed by atoms with E-state index in [1.807, 2.05) is 30.9 Å². The molecule has 2 amide bonds. The first kappa shape index (κ1) is 18.5. The average Bonchev–Trinajstić information content (AvgIpc) is 3.31. The van der Waals surface area contributed by atoms with Gasteiger partial charge in [0.05, 0.1) is 24.4 Å². The molecule has 0 saturated carbocycles. The predicted molar refractivity (Wildman–Crippen MR) is 105 cm³/mol. The summed E-state index contributed by atoms with van der Waals surface area (Å²) in [6, 6.07) is 5.86. The molecule has 4 rings (SSSR count). The Balaban J connectivity index is 1.51. The lowest BCUT2D eigenvalue weighted by Gasteiger charge is -2.28. The Bertz CT molecular complexity index is 920. The second-order valence-electron chi connectivity index (χ2n) is 8.04. The number of nitrogens with zero attached hydrogens (tertiary/aromatic N) is 3. The number of amides is 2. The van der Waals surface area contributed by atoms with E-state index in [9.17, 15) is 9.59 Å². The summed E-state index contributed by atoms with van der Waals surface area (Å²) in [5.74, 6) is 0.560. The molecule has 1 atom stereocenters. The maximum Gasteiger partial charge on any atom is 0.257 e. The van der Waals surface area contributed by atoms with Gasteiger partial charge in [-0.3, -0.25) is 14.3 Å². The van der Waals surface area contributed by atoms with Crippen LogP contribution in [-0.4, -0.2) is 52.2 Å². The van der Waals surface area contributed by atoms with Crippen LogP contribution in [0.5, 0.6) is 5.75 Å². The lowest BCUT2D eigenvalue weighted by Crippen LogP contribution is -2.50. The number of ether oxygens (including phenoxy) is 1. The Morgan fingerprint density at radius 1 is 1.32 bits per heavy atom. The minimum atomic E-state index is -0.382. The fourth-order valence-corrected chi connectivity index (χ4v) is 4.12. The molecule has 3 heterocycles. The number of rotatable bonds is 3. The topological polar surface area (TPSA) is 76.5 Å². The van der Waals surface area contributed by atoms with Crippen molar-refractivity contribution in [3.8, 4) is 5.75 Å². The first-order valence-electron chi connectivity index (χ1n) is 9.74. The summed E-state index contributed by atoms with van der Waals surface area (Å²) < 4.78 is 7.05. The summed E-state index contributed by atoms with van der Waals surface area (Å²) in [5.41, 5.74) is 1.91. The van der Waals surface area contributed by atoms with Crippen LogP contribution < -0.4 is 10.1 Å². The summed E-state index contributed by atoms with van der Waals surface area (Å²) in [4.78, 5) is 27.6. The lowest BCUT2D eigenvalue weighted by atomic mass is 9.91. The molecular formula is C21H26N4O3. The highest BCUT2D eigenvalue weighted by Crippen LogP contribution is 2.32. The summed E-state index contributed by atoms with van der Waals surface area (Å²) in [6.07, 6.45) is 5.79. The first-order chi connectivity index (χ1) is 13.4. The minimum absolute atomic E-state index is 0.0264. The van der Waals surface area contributed by atoms with Crippen LogP contribution in [0.1, 0.15) is 59.0 Å². The number of benzene rings is 1. The molecule has 2 aliphatic rings. The van der Waals surface area contributed by atoms with Gasteiger partial charge in [0.15, 0.2) is 0 Å². The van der Waals surface area contributed by atoms with Gasteiger partial charge in [-0.05, 0) is 50.8 Å². The van der Waals surface area contributed by atoms with Crippen molar-refractivity contribution < 1.29 is 14.3 Å². The number of likely N-dealkylation sites (tertiary alicyclic amines) is 1. The molecule has 0 aliphatic carbocycles. The normalized spacial score (nSPS) is 21.6. The van der Waals surface area contributed by atoms with Crippen LogP contribution in [0, 0.1) is 0 Å². The maximum absolute atomic E-state index is 12.9. The van der Waals surface area contributed by atoms with Gasteiger partial charge in [-0.15, -0.1) is 0 Å². The Labute approximate surface area is 164 Å². The van der Waals surface area contributed by atoms with E-state index in [0.717, 1.165) is 24.8 Å². The second-order valence-corrected chi connectivity index (χ2v) is 8.04. The van der Waals surface area contributed by atoms with Crippen molar-refractivity contribution >= 4 is 11.8 Å². The number of hydrogen-bond donors (Lipinski definition) is 1. The Hall–Kier alpha value is -2.83. The SMILES string of the molecule is COc1ccc2c(c1)C(=O)N[C@]1(CC2)CCN(C(=O)c2cnn(C(C)C)c2)C1. The molecule has 0 bridgehead atoms. The van der Waals surface area contributed by atoms with Gasteiger partial charge in [-0.1, -0.05) is 6.07 Å². The zero-order valence-electron chi connectivity index (χ0n) is 16.6. The van der Waals surface area contributed by atoms with Crippen molar-refractivity contribution in [2.45, 2.75) is 44.7 Å². The van der Waals surface area contributed by atoms with Crippen molar-refractivity contribution in [2.24, 2.45) is 0 Å². The van der Waals surface area contributed by atoms with Gasteiger partial charge >= 0.3 is 0 Å². The van der Waals surface area contributed by atoms with Crippen LogP contribution in [0.25, 0.3) is 0 Å². The van der Waals surface area contributed by atoms with Crippen molar-refractivity contribution in [3.05, 3.63) is 47.3 Å². The van der Waals surface area contributed by atoms with Crippen LogP contribution in [0.15, 0.2) is 30.6 Å². The molecule has 7 heteroatoms. The van der Waals surface area contributed by atoms with Crippen molar-refractivity contribution in [1.29, 1.82) is 0 Å².